The van der Waals surface area contributed by atoms with E-state index in [9.17, 15) is 18.7 Å². The molecule has 1 aromatic rings. The molecule has 1 aromatic carbocycles. The van der Waals surface area contributed by atoms with E-state index in [4.69, 9.17) is 4.74 Å². The third kappa shape index (κ3) is 4.16. The van der Waals surface area contributed by atoms with Crippen LogP contribution in [0.2, 0.25) is 0 Å². The van der Waals surface area contributed by atoms with E-state index in [2.05, 4.69) is 5.32 Å². The van der Waals surface area contributed by atoms with Gasteiger partial charge in [0.25, 0.3) is 0 Å². The second kappa shape index (κ2) is 6.65. The van der Waals surface area contributed by atoms with E-state index >= 15 is 0 Å². The molecule has 112 valence electrons. The molecule has 1 rings (SSSR count). The van der Waals surface area contributed by atoms with Gasteiger partial charge < -0.3 is 15.2 Å². The number of carboxylic acids is 1. The fourth-order valence-corrected chi connectivity index (χ4v) is 2.03. The lowest BCUT2D eigenvalue weighted by Crippen LogP contribution is -2.51. The van der Waals surface area contributed by atoms with Crippen LogP contribution in [-0.2, 0) is 4.79 Å². The molecule has 2 N–H and O–H groups in total. The first-order chi connectivity index (χ1) is 9.28. The van der Waals surface area contributed by atoms with Gasteiger partial charge >= 0.3 is 5.97 Å². The number of carbonyl (C=O) groups is 1. The second-order valence-corrected chi connectivity index (χ2v) is 4.87. The zero-order valence-electron chi connectivity index (χ0n) is 11.7. The maximum Gasteiger partial charge on any atom is 0.323 e. The zero-order chi connectivity index (χ0) is 15.3. The van der Waals surface area contributed by atoms with Crippen molar-refractivity contribution >= 4 is 5.97 Å². The molecule has 2 unspecified atom stereocenters. The summed E-state index contributed by atoms with van der Waals surface area (Å²) in [5, 5.41) is 12.1. The molecule has 0 fully saturated rings. The van der Waals surface area contributed by atoms with Crippen LogP contribution in [0, 0.1) is 11.6 Å². The summed E-state index contributed by atoms with van der Waals surface area (Å²) in [4.78, 5) is 11.3. The molecule has 4 nitrogen and oxygen atoms in total. The zero-order valence-corrected chi connectivity index (χ0v) is 11.7. The summed E-state index contributed by atoms with van der Waals surface area (Å²) in [6, 6.07) is 3.00. The summed E-state index contributed by atoms with van der Waals surface area (Å²) in [6.45, 7) is 5.47. The lowest BCUT2D eigenvalue weighted by atomic mass is 9.95. The van der Waals surface area contributed by atoms with Gasteiger partial charge in [-0.1, -0.05) is 6.92 Å². The molecule has 0 aromatic heterocycles. The number of benzene rings is 1. The van der Waals surface area contributed by atoms with E-state index in [0.717, 1.165) is 12.1 Å². The molecule has 0 radical (unpaired) electrons. The fourth-order valence-electron chi connectivity index (χ4n) is 2.03. The lowest BCUT2D eigenvalue weighted by Gasteiger charge is -2.29. The number of likely N-dealkylation sites (N-methyl/N-ethyl adjacent to an activating group) is 1. The quantitative estimate of drug-likeness (QED) is 0.809. The highest BCUT2D eigenvalue weighted by molar-refractivity contribution is 5.78. The number of hydrogen-bond donors (Lipinski definition) is 2. The fraction of sp³-hybridized carbons (Fsp3) is 0.500. The van der Waals surface area contributed by atoms with Gasteiger partial charge in [0.05, 0.1) is 6.10 Å². The van der Waals surface area contributed by atoms with Crippen molar-refractivity contribution in [3.05, 3.63) is 29.8 Å². The predicted octanol–water partition coefficient (Wildman–Crippen LogP) is 2.58. The SMILES string of the molecule is CCNC(C)(CC(C)Oc1ccc(F)cc1F)C(=O)O. The van der Waals surface area contributed by atoms with Gasteiger partial charge in [0.15, 0.2) is 11.6 Å². The maximum atomic E-state index is 13.5. The van der Waals surface area contributed by atoms with Crippen LogP contribution >= 0.6 is 0 Å². The van der Waals surface area contributed by atoms with Gasteiger partial charge in [-0.15, -0.1) is 0 Å². The Kier molecular flexibility index (Phi) is 5.44. The molecule has 0 saturated carbocycles. The lowest BCUT2D eigenvalue weighted by molar-refractivity contribution is -0.145. The van der Waals surface area contributed by atoms with Crippen LogP contribution in [0.4, 0.5) is 8.78 Å². The molecule has 0 aliphatic carbocycles. The predicted molar refractivity (Wildman–Crippen MR) is 70.8 cm³/mol. The van der Waals surface area contributed by atoms with Crippen LogP contribution in [0.1, 0.15) is 27.2 Å². The van der Waals surface area contributed by atoms with Crippen LogP contribution < -0.4 is 10.1 Å². The van der Waals surface area contributed by atoms with Crippen molar-refractivity contribution in [2.45, 2.75) is 38.8 Å². The van der Waals surface area contributed by atoms with Crippen molar-refractivity contribution in [2.75, 3.05) is 6.54 Å². The first-order valence-electron chi connectivity index (χ1n) is 6.38. The number of carboxylic acid groups (broad SMARTS) is 1. The number of halogens is 2. The molecule has 0 amide bonds. The Morgan fingerprint density at radius 2 is 2.15 bits per heavy atom. The van der Waals surface area contributed by atoms with Crippen molar-refractivity contribution in [1.29, 1.82) is 0 Å². The molecule has 0 aliphatic heterocycles. The summed E-state index contributed by atoms with van der Waals surface area (Å²) in [5.41, 5.74) is -1.16. The molecule has 6 heteroatoms. The van der Waals surface area contributed by atoms with Gasteiger partial charge in [0.1, 0.15) is 11.4 Å². The molecular weight excluding hydrogens is 268 g/mol. The topological polar surface area (TPSA) is 58.6 Å². The van der Waals surface area contributed by atoms with Crippen molar-refractivity contribution in [3.8, 4) is 5.75 Å². The first kappa shape index (κ1) is 16.4. The summed E-state index contributed by atoms with van der Waals surface area (Å²) in [6.07, 6.45) is -0.400. The van der Waals surface area contributed by atoms with Crippen molar-refractivity contribution in [1.82, 2.24) is 5.32 Å². The minimum Gasteiger partial charge on any atom is -0.488 e. The molecule has 20 heavy (non-hydrogen) atoms. The number of nitrogens with one attached hydrogen (secondary N) is 1. The Morgan fingerprint density at radius 1 is 1.50 bits per heavy atom. The van der Waals surface area contributed by atoms with Crippen LogP contribution in [0.15, 0.2) is 18.2 Å². The van der Waals surface area contributed by atoms with E-state index in [1.807, 2.05) is 0 Å². The molecule has 0 saturated heterocycles. The third-order valence-electron chi connectivity index (χ3n) is 2.96. The molecule has 2 atom stereocenters. The Bertz CT molecular complexity index is 481. The summed E-state index contributed by atoms with van der Waals surface area (Å²) >= 11 is 0. The number of aliphatic carboxylic acids is 1. The Morgan fingerprint density at radius 3 is 2.65 bits per heavy atom. The number of rotatable bonds is 7. The molecule has 0 spiro atoms. The Labute approximate surface area is 116 Å². The van der Waals surface area contributed by atoms with Crippen LogP contribution in [0.3, 0.4) is 0 Å². The highest BCUT2D eigenvalue weighted by Crippen LogP contribution is 2.22. The van der Waals surface area contributed by atoms with E-state index in [0.29, 0.717) is 6.54 Å². The Balaban J connectivity index is 2.75. The van der Waals surface area contributed by atoms with Gasteiger partial charge in [0.2, 0.25) is 0 Å². The molecule has 0 heterocycles. The summed E-state index contributed by atoms with van der Waals surface area (Å²) < 4.78 is 31.6. The highest BCUT2D eigenvalue weighted by Gasteiger charge is 2.34. The molecular formula is C14H19F2NO3. The van der Waals surface area contributed by atoms with Crippen molar-refractivity contribution in [3.63, 3.8) is 0 Å². The second-order valence-electron chi connectivity index (χ2n) is 4.87. The smallest absolute Gasteiger partial charge is 0.323 e. The normalized spacial score (nSPS) is 15.4. The average Bonchev–Trinajstić information content (AvgIpc) is 2.32. The van der Waals surface area contributed by atoms with Crippen LogP contribution in [-0.4, -0.2) is 29.3 Å². The van der Waals surface area contributed by atoms with Gasteiger partial charge in [-0.2, -0.15) is 0 Å². The minimum absolute atomic E-state index is 0.0943. The van der Waals surface area contributed by atoms with E-state index in [-0.39, 0.29) is 12.2 Å². The monoisotopic (exact) mass is 287 g/mol. The van der Waals surface area contributed by atoms with Gasteiger partial charge in [-0.05, 0) is 32.5 Å². The van der Waals surface area contributed by atoms with E-state index < -0.39 is 29.2 Å². The van der Waals surface area contributed by atoms with Crippen molar-refractivity contribution < 1.29 is 23.4 Å². The highest BCUT2D eigenvalue weighted by atomic mass is 19.1. The molecule has 0 bridgehead atoms. The summed E-state index contributed by atoms with van der Waals surface area (Å²) in [5.74, 6) is -2.60. The third-order valence-corrected chi connectivity index (χ3v) is 2.96. The van der Waals surface area contributed by atoms with E-state index in [1.54, 1.807) is 20.8 Å². The maximum absolute atomic E-state index is 13.5. The van der Waals surface area contributed by atoms with Gasteiger partial charge in [-0.3, -0.25) is 4.79 Å². The first-order valence-corrected chi connectivity index (χ1v) is 6.38. The average molecular weight is 287 g/mol. The number of ether oxygens (including phenoxy) is 1. The Hall–Kier alpha value is -1.69. The molecule has 0 aliphatic rings. The van der Waals surface area contributed by atoms with Crippen molar-refractivity contribution in [2.24, 2.45) is 0 Å². The van der Waals surface area contributed by atoms with Gasteiger partial charge in [-0.25, -0.2) is 8.78 Å². The van der Waals surface area contributed by atoms with Crippen LogP contribution in [0.5, 0.6) is 5.75 Å². The van der Waals surface area contributed by atoms with Gasteiger partial charge in [0, 0.05) is 12.5 Å². The number of hydrogen-bond acceptors (Lipinski definition) is 3. The summed E-state index contributed by atoms with van der Waals surface area (Å²) in [7, 11) is 0. The van der Waals surface area contributed by atoms with Crippen LogP contribution in [0.25, 0.3) is 0 Å². The largest absolute Gasteiger partial charge is 0.488 e. The van der Waals surface area contributed by atoms with E-state index in [1.165, 1.54) is 6.07 Å². The minimum atomic E-state index is -1.16. The standard InChI is InChI=1S/C14H19F2NO3/c1-4-17-14(3,13(18)19)8-9(2)20-12-6-5-10(15)7-11(12)16/h5-7,9,17H,4,8H2,1-3H3,(H,18,19).